The van der Waals surface area contributed by atoms with Gasteiger partial charge in [-0.25, -0.2) is 4.98 Å². The summed E-state index contributed by atoms with van der Waals surface area (Å²) >= 11 is 0. The summed E-state index contributed by atoms with van der Waals surface area (Å²) in [5.74, 6) is 1.93. The number of rotatable bonds is 6. The number of aromatic nitrogens is 2. The third-order valence-electron chi connectivity index (χ3n) is 3.68. The van der Waals surface area contributed by atoms with E-state index in [2.05, 4.69) is 23.4 Å². The van der Waals surface area contributed by atoms with Gasteiger partial charge in [0.15, 0.2) is 11.5 Å². The van der Waals surface area contributed by atoms with Crippen molar-refractivity contribution in [1.82, 2.24) is 9.55 Å². The van der Waals surface area contributed by atoms with Crippen LogP contribution >= 0.6 is 0 Å². The predicted octanol–water partition coefficient (Wildman–Crippen LogP) is 3.39. The maximum Gasteiger partial charge on any atom is 0.201 e. The van der Waals surface area contributed by atoms with Crippen molar-refractivity contribution in [2.24, 2.45) is 0 Å². The number of nitrogen functional groups attached to an aromatic ring is 1. The summed E-state index contributed by atoms with van der Waals surface area (Å²) in [5.41, 5.74) is 7.96. The van der Waals surface area contributed by atoms with Crippen LogP contribution < -0.4 is 15.2 Å². The Labute approximate surface area is 119 Å². The maximum atomic E-state index is 6.11. The molecule has 0 aliphatic carbocycles. The van der Waals surface area contributed by atoms with Gasteiger partial charge in [0, 0.05) is 18.2 Å². The second-order valence-electron chi connectivity index (χ2n) is 4.89. The second-order valence-corrected chi connectivity index (χ2v) is 4.89. The van der Waals surface area contributed by atoms with Gasteiger partial charge in [-0.3, -0.25) is 0 Å². The molecule has 0 aliphatic rings. The van der Waals surface area contributed by atoms with Crippen molar-refractivity contribution >= 4 is 17.0 Å². The Kier molecular flexibility index (Phi) is 4.37. The van der Waals surface area contributed by atoms with Gasteiger partial charge in [-0.05, 0) is 12.8 Å². The SMILES string of the molecule is CCCC(CC)n1c(N)nc2cc(OC)c(OC)cc21. The molecule has 2 N–H and O–H groups in total. The number of imidazole rings is 1. The molecule has 1 aromatic heterocycles. The number of benzene rings is 1. The molecule has 2 aromatic rings. The predicted molar refractivity (Wildman–Crippen MR) is 81.5 cm³/mol. The van der Waals surface area contributed by atoms with Crippen LogP contribution in [-0.2, 0) is 0 Å². The van der Waals surface area contributed by atoms with Crippen molar-refractivity contribution in [2.75, 3.05) is 20.0 Å². The van der Waals surface area contributed by atoms with Crippen molar-refractivity contribution in [3.05, 3.63) is 12.1 Å². The molecule has 5 heteroatoms. The lowest BCUT2D eigenvalue weighted by atomic mass is 10.1. The Morgan fingerprint density at radius 1 is 1.20 bits per heavy atom. The standard InChI is InChI=1S/C15H23N3O2/c1-5-7-10(6-2)18-12-9-14(20-4)13(19-3)8-11(12)17-15(18)16/h8-10H,5-7H2,1-4H3,(H2,16,17). The molecule has 2 rings (SSSR count). The monoisotopic (exact) mass is 277 g/mol. The smallest absolute Gasteiger partial charge is 0.201 e. The Morgan fingerprint density at radius 3 is 2.40 bits per heavy atom. The van der Waals surface area contributed by atoms with Gasteiger partial charge in [0.25, 0.3) is 0 Å². The highest BCUT2D eigenvalue weighted by molar-refractivity contribution is 5.82. The first-order chi connectivity index (χ1) is 9.65. The third-order valence-corrected chi connectivity index (χ3v) is 3.68. The number of nitrogens with zero attached hydrogens (tertiary/aromatic N) is 2. The highest BCUT2D eigenvalue weighted by Crippen LogP contribution is 2.35. The highest BCUT2D eigenvalue weighted by atomic mass is 16.5. The fourth-order valence-corrected chi connectivity index (χ4v) is 2.67. The molecule has 0 radical (unpaired) electrons. The summed E-state index contributed by atoms with van der Waals surface area (Å²) in [6, 6.07) is 4.19. The second kappa shape index (κ2) is 6.03. The summed E-state index contributed by atoms with van der Waals surface area (Å²) in [4.78, 5) is 4.45. The number of hydrogen-bond donors (Lipinski definition) is 1. The van der Waals surface area contributed by atoms with Gasteiger partial charge >= 0.3 is 0 Å². The zero-order chi connectivity index (χ0) is 14.7. The molecule has 0 saturated carbocycles. The zero-order valence-electron chi connectivity index (χ0n) is 12.6. The van der Waals surface area contributed by atoms with Gasteiger partial charge in [-0.2, -0.15) is 0 Å². The highest BCUT2D eigenvalue weighted by Gasteiger charge is 2.18. The molecule has 5 nitrogen and oxygen atoms in total. The summed E-state index contributed by atoms with van der Waals surface area (Å²) in [5, 5.41) is 0. The van der Waals surface area contributed by atoms with E-state index in [1.54, 1.807) is 14.2 Å². The van der Waals surface area contributed by atoms with Gasteiger partial charge in [0.2, 0.25) is 5.95 Å². The van der Waals surface area contributed by atoms with Crippen LogP contribution in [0.4, 0.5) is 5.95 Å². The van der Waals surface area contributed by atoms with Crippen molar-refractivity contribution in [3.8, 4) is 11.5 Å². The molecule has 20 heavy (non-hydrogen) atoms. The van der Waals surface area contributed by atoms with Crippen molar-refractivity contribution in [1.29, 1.82) is 0 Å². The van der Waals surface area contributed by atoms with Crippen LogP contribution in [0.2, 0.25) is 0 Å². The molecule has 0 fully saturated rings. The average molecular weight is 277 g/mol. The van der Waals surface area contributed by atoms with Crippen LogP contribution in [0.3, 0.4) is 0 Å². The molecule has 1 aromatic carbocycles. The molecular weight excluding hydrogens is 254 g/mol. The molecule has 1 unspecified atom stereocenters. The van der Waals surface area contributed by atoms with E-state index in [0.29, 0.717) is 23.5 Å². The van der Waals surface area contributed by atoms with Gasteiger partial charge in [0.1, 0.15) is 0 Å². The topological polar surface area (TPSA) is 62.3 Å². The average Bonchev–Trinajstić information content (AvgIpc) is 2.78. The summed E-state index contributed by atoms with van der Waals surface area (Å²) in [6.45, 7) is 4.36. The van der Waals surface area contributed by atoms with Crippen LogP contribution in [0.1, 0.15) is 39.2 Å². The molecule has 110 valence electrons. The molecule has 0 bridgehead atoms. The Morgan fingerprint density at radius 2 is 1.85 bits per heavy atom. The quantitative estimate of drug-likeness (QED) is 0.879. The Bertz CT molecular complexity index is 592. The van der Waals surface area contributed by atoms with Crippen LogP contribution in [0.25, 0.3) is 11.0 Å². The fourth-order valence-electron chi connectivity index (χ4n) is 2.67. The number of ether oxygens (including phenoxy) is 2. The number of methoxy groups -OCH3 is 2. The van der Waals surface area contributed by atoms with E-state index in [1.807, 2.05) is 12.1 Å². The Hall–Kier alpha value is -1.91. The molecule has 1 heterocycles. The van der Waals surface area contributed by atoms with Crippen LogP contribution in [0, 0.1) is 0 Å². The lowest BCUT2D eigenvalue weighted by Crippen LogP contribution is -2.11. The zero-order valence-corrected chi connectivity index (χ0v) is 12.6. The van der Waals surface area contributed by atoms with Crippen LogP contribution in [0.15, 0.2) is 12.1 Å². The number of nitrogens with two attached hydrogens (primary N) is 1. The third kappa shape index (κ3) is 2.40. The van der Waals surface area contributed by atoms with Gasteiger partial charge in [-0.1, -0.05) is 20.3 Å². The van der Waals surface area contributed by atoms with Gasteiger partial charge < -0.3 is 19.8 Å². The van der Waals surface area contributed by atoms with Gasteiger partial charge in [-0.15, -0.1) is 0 Å². The molecule has 0 saturated heterocycles. The van der Waals surface area contributed by atoms with E-state index in [1.165, 1.54) is 0 Å². The summed E-state index contributed by atoms with van der Waals surface area (Å²) in [6.07, 6.45) is 3.23. The van der Waals surface area contributed by atoms with Crippen LogP contribution in [-0.4, -0.2) is 23.8 Å². The van der Waals surface area contributed by atoms with Crippen LogP contribution in [0.5, 0.6) is 11.5 Å². The first-order valence-electron chi connectivity index (χ1n) is 7.05. The molecular formula is C15H23N3O2. The normalized spacial score (nSPS) is 12.6. The first-order valence-corrected chi connectivity index (χ1v) is 7.05. The van der Waals surface area contributed by atoms with E-state index >= 15 is 0 Å². The maximum absolute atomic E-state index is 6.11. The van der Waals surface area contributed by atoms with E-state index in [9.17, 15) is 0 Å². The van der Waals surface area contributed by atoms with Crippen molar-refractivity contribution < 1.29 is 9.47 Å². The van der Waals surface area contributed by atoms with Crippen molar-refractivity contribution in [3.63, 3.8) is 0 Å². The number of fused-ring (bicyclic) bond motifs is 1. The minimum atomic E-state index is 0.364. The minimum Gasteiger partial charge on any atom is -0.493 e. The van der Waals surface area contributed by atoms with E-state index in [0.717, 1.165) is 30.3 Å². The largest absolute Gasteiger partial charge is 0.493 e. The van der Waals surface area contributed by atoms with E-state index in [4.69, 9.17) is 15.2 Å². The first kappa shape index (κ1) is 14.5. The molecule has 1 atom stereocenters. The lowest BCUT2D eigenvalue weighted by molar-refractivity contribution is 0.355. The summed E-state index contributed by atoms with van der Waals surface area (Å²) in [7, 11) is 3.26. The number of anilines is 1. The fraction of sp³-hybridized carbons (Fsp3) is 0.533. The molecule has 0 aliphatic heterocycles. The van der Waals surface area contributed by atoms with Crippen molar-refractivity contribution in [2.45, 2.75) is 39.2 Å². The van der Waals surface area contributed by atoms with E-state index in [-0.39, 0.29) is 0 Å². The lowest BCUT2D eigenvalue weighted by Gasteiger charge is -2.18. The Balaban J connectivity index is 2.62. The minimum absolute atomic E-state index is 0.364. The summed E-state index contributed by atoms with van der Waals surface area (Å²) < 4.78 is 12.8. The van der Waals surface area contributed by atoms with E-state index < -0.39 is 0 Å². The molecule has 0 spiro atoms. The molecule has 0 amide bonds. The van der Waals surface area contributed by atoms with Gasteiger partial charge in [0.05, 0.1) is 25.3 Å². The number of hydrogen-bond acceptors (Lipinski definition) is 4.